The minimum absolute atomic E-state index is 0.341. The van der Waals surface area contributed by atoms with Gasteiger partial charge in [-0.2, -0.15) is 14.6 Å². The molecule has 0 saturated heterocycles. The number of hydrogen-bond donors (Lipinski definition) is 1. The Bertz CT molecular complexity index is 798. The highest BCUT2D eigenvalue weighted by Gasteiger charge is 2.23. The number of nitrogens with one attached hydrogen (secondary N) is 1. The maximum atomic E-state index is 5.71. The monoisotopic (exact) mass is 281 g/mol. The number of fused-ring (bicyclic) bond motifs is 2. The Kier molecular flexibility index (Phi) is 2.73. The van der Waals surface area contributed by atoms with Crippen molar-refractivity contribution in [2.45, 2.75) is 12.8 Å². The first-order valence-corrected chi connectivity index (χ1v) is 6.94. The minimum atomic E-state index is 0.341. The zero-order valence-electron chi connectivity index (χ0n) is 11.7. The lowest BCUT2D eigenvalue weighted by atomic mass is 10.0. The number of para-hydroxylation sites is 1. The lowest BCUT2D eigenvalue weighted by molar-refractivity contribution is 0.334. The molecule has 1 atom stereocenters. The van der Waals surface area contributed by atoms with Gasteiger partial charge in [-0.3, -0.25) is 0 Å². The zero-order chi connectivity index (χ0) is 14.2. The summed E-state index contributed by atoms with van der Waals surface area (Å²) in [5, 5.41) is 7.64. The van der Waals surface area contributed by atoms with E-state index in [1.807, 2.05) is 31.2 Å². The van der Waals surface area contributed by atoms with Gasteiger partial charge in [-0.15, -0.1) is 0 Å². The van der Waals surface area contributed by atoms with Crippen molar-refractivity contribution in [3.8, 4) is 5.75 Å². The average molecular weight is 281 g/mol. The van der Waals surface area contributed by atoms with Gasteiger partial charge in [0.2, 0.25) is 0 Å². The second-order valence-electron chi connectivity index (χ2n) is 5.18. The number of anilines is 1. The van der Waals surface area contributed by atoms with Crippen molar-refractivity contribution in [1.29, 1.82) is 0 Å². The average Bonchev–Trinajstić information content (AvgIpc) is 3.11. The molecule has 0 radical (unpaired) electrons. The molecule has 1 N–H and O–H groups in total. The standard InChI is InChI=1S/C15H15N5O/c1-10-6-14(20-15(19-10)17-9-18-20)16-7-11-8-21-13-5-3-2-4-12(11)13/h2-6,9,11,16H,7-8H2,1H3. The number of ether oxygens (including phenoxy) is 1. The molecule has 106 valence electrons. The van der Waals surface area contributed by atoms with Gasteiger partial charge in [0.1, 0.15) is 17.9 Å². The molecule has 3 aromatic rings. The van der Waals surface area contributed by atoms with E-state index in [-0.39, 0.29) is 0 Å². The first-order valence-electron chi connectivity index (χ1n) is 6.94. The molecule has 0 bridgehead atoms. The largest absolute Gasteiger partial charge is 0.493 e. The van der Waals surface area contributed by atoms with E-state index in [1.165, 1.54) is 11.9 Å². The number of rotatable bonds is 3. The second-order valence-corrected chi connectivity index (χ2v) is 5.18. The van der Waals surface area contributed by atoms with Crippen LogP contribution in [0.4, 0.5) is 5.82 Å². The summed E-state index contributed by atoms with van der Waals surface area (Å²) in [5.74, 6) is 2.84. The van der Waals surface area contributed by atoms with E-state index < -0.39 is 0 Å². The molecule has 1 aliphatic rings. The van der Waals surface area contributed by atoms with Gasteiger partial charge in [0.15, 0.2) is 0 Å². The molecule has 1 aromatic carbocycles. The first-order chi connectivity index (χ1) is 10.3. The van der Waals surface area contributed by atoms with Gasteiger partial charge in [-0.1, -0.05) is 18.2 Å². The number of benzene rings is 1. The fourth-order valence-corrected chi connectivity index (χ4v) is 2.68. The highest BCUT2D eigenvalue weighted by Crippen LogP contribution is 2.33. The molecule has 0 fully saturated rings. The molecule has 1 unspecified atom stereocenters. The van der Waals surface area contributed by atoms with E-state index in [9.17, 15) is 0 Å². The molecule has 3 heterocycles. The Hall–Kier alpha value is -2.63. The normalized spacial score (nSPS) is 16.7. The number of aromatic nitrogens is 4. The summed E-state index contributed by atoms with van der Waals surface area (Å²) in [6.45, 7) is 3.44. The highest BCUT2D eigenvalue weighted by atomic mass is 16.5. The van der Waals surface area contributed by atoms with Crippen LogP contribution in [0.25, 0.3) is 5.78 Å². The molecule has 0 spiro atoms. The van der Waals surface area contributed by atoms with Crippen molar-refractivity contribution < 1.29 is 4.74 Å². The molecule has 0 amide bonds. The predicted octanol–water partition coefficient (Wildman–Crippen LogP) is 2.02. The number of nitrogens with zero attached hydrogens (tertiary/aromatic N) is 4. The van der Waals surface area contributed by atoms with Crippen LogP contribution in [0.5, 0.6) is 5.75 Å². The summed E-state index contributed by atoms with van der Waals surface area (Å²) >= 11 is 0. The van der Waals surface area contributed by atoms with Crippen LogP contribution in [-0.4, -0.2) is 32.7 Å². The third-order valence-corrected chi connectivity index (χ3v) is 3.71. The molecule has 0 saturated carbocycles. The highest BCUT2D eigenvalue weighted by molar-refractivity contribution is 5.46. The molecular weight excluding hydrogens is 266 g/mol. The topological polar surface area (TPSA) is 64.3 Å². The van der Waals surface area contributed by atoms with Gasteiger partial charge in [0.25, 0.3) is 5.78 Å². The van der Waals surface area contributed by atoms with Crippen LogP contribution in [0.1, 0.15) is 17.2 Å². The fraction of sp³-hybridized carbons (Fsp3) is 0.267. The molecule has 1 aliphatic heterocycles. The summed E-state index contributed by atoms with van der Waals surface area (Å²) in [4.78, 5) is 8.47. The van der Waals surface area contributed by atoms with Gasteiger partial charge in [-0.05, 0) is 13.0 Å². The summed E-state index contributed by atoms with van der Waals surface area (Å²) in [7, 11) is 0. The summed E-state index contributed by atoms with van der Waals surface area (Å²) in [5.41, 5.74) is 2.17. The molecule has 21 heavy (non-hydrogen) atoms. The maximum absolute atomic E-state index is 5.71. The van der Waals surface area contributed by atoms with Crippen LogP contribution in [0.2, 0.25) is 0 Å². The van der Waals surface area contributed by atoms with Crippen molar-refractivity contribution in [3.05, 3.63) is 47.9 Å². The smallest absolute Gasteiger partial charge is 0.254 e. The number of hydrogen-bond acceptors (Lipinski definition) is 5. The SMILES string of the molecule is Cc1cc(NCC2COc3ccccc32)n2ncnc2n1. The lowest BCUT2D eigenvalue weighted by Crippen LogP contribution is -2.16. The summed E-state index contributed by atoms with van der Waals surface area (Å²) < 4.78 is 7.43. The van der Waals surface area contributed by atoms with E-state index in [4.69, 9.17) is 4.74 Å². The Labute approximate surface area is 121 Å². The van der Waals surface area contributed by atoms with Gasteiger partial charge >= 0.3 is 0 Å². The maximum Gasteiger partial charge on any atom is 0.254 e. The van der Waals surface area contributed by atoms with E-state index in [0.717, 1.165) is 23.8 Å². The van der Waals surface area contributed by atoms with Gasteiger partial charge in [0.05, 0.1) is 6.61 Å². The molecule has 6 nitrogen and oxygen atoms in total. The molecule has 6 heteroatoms. The zero-order valence-corrected chi connectivity index (χ0v) is 11.7. The van der Waals surface area contributed by atoms with Crippen molar-refractivity contribution in [2.75, 3.05) is 18.5 Å². The summed E-state index contributed by atoms with van der Waals surface area (Å²) in [6.07, 6.45) is 1.51. The first kappa shape index (κ1) is 12.1. The summed E-state index contributed by atoms with van der Waals surface area (Å²) in [6, 6.07) is 10.2. The van der Waals surface area contributed by atoms with Crippen LogP contribution in [0.15, 0.2) is 36.7 Å². The molecule has 0 aliphatic carbocycles. The fourth-order valence-electron chi connectivity index (χ4n) is 2.68. The quantitative estimate of drug-likeness (QED) is 0.795. The Morgan fingerprint density at radius 2 is 2.29 bits per heavy atom. The van der Waals surface area contributed by atoms with Crippen LogP contribution in [0, 0.1) is 6.92 Å². The molecule has 2 aromatic heterocycles. The Morgan fingerprint density at radius 1 is 1.38 bits per heavy atom. The van der Waals surface area contributed by atoms with Crippen LogP contribution in [0.3, 0.4) is 0 Å². The van der Waals surface area contributed by atoms with E-state index in [1.54, 1.807) is 4.52 Å². The van der Waals surface area contributed by atoms with E-state index in [2.05, 4.69) is 26.4 Å². The van der Waals surface area contributed by atoms with Crippen molar-refractivity contribution >= 4 is 11.6 Å². The Balaban J connectivity index is 1.58. The molecule has 4 rings (SSSR count). The number of aryl methyl sites for hydroxylation is 1. The van der Waals surface area contributed by atoms with E-state index in [0.29, 0.717) is 18.3 Å². The predicted molar refractivity (Wildman–Crippen MR) is 78.7 cm³/mol. The van der Waals surface area contributed by atoms with Crippen molar-refractivity contribution in [2.24, 2.45) is 0 Å². The third-order valence-electron chi connectivity index (χ3n) is 3.71. The van der Waals surface area contributed by atoms with Gasteiger partial charge in [-0.25, -0.2) is 4.98 Å². The Morgan fingerprint density at radius 3 is 3.24 bits per heavy atom. The molecular formula is C15H15N5O. The second kappa shape index (κ2) is 4.73. The van der Waals surface area contributed by atoms with Crippen molar-refractivity contribution in [3.63, 3.8) is 0 Å². The third kappa shape index (κ3) is 2.08. The van der Waals surface area contributed by atoms with Gasteiger partial charge < -0.3 is 10.1 Å². The van der Waals surface area contributed by atoms with Gasteiger partial charge in [0, 0.05) is 29.8 Å². The lowest BCUT2D eigenvalue weighted by Gasteiger charge is -2.12. The van der Waals surface area contributed by atoms with Crippen LogP contribution < -0.4 is 10.1 Å². The van der Waals surface area contributed by atoms with Crippen molar-refractivity contribution in [1.82, 2.24) is 19.6 Å². The minimum Gasteiger partial charge on any atom is -0.493 e. The van der Waals surface area contributed by atoms with E-state index >= 15 is 0 Å². The van der Waals surface area contributed by atoms with Crippen LogP contribution >= 0.6 is 0 Å². The van der Waals surface area contributed by atoms with Crippen LogP contribution in [-0.2, 0) is 0 Å².